The molecule has 0 radical (unpaired) electrons. The van der Waals surface area contributed by atoms with Crippen molar-refractivity contribution in [3.8, 4) is 11.5 Å². The molecule has 0 saturated heterocycles. The van der Waals surface area contributed by atoms with Crippen LogP contribution in [0.25, 0.3) is 0 Å². The quantitative estimate of drug-likeness (QED) is 0.703. The predicted octanol–water partition coefficient (Wildman–Crippen LogP) is 3.29. The first-order chi connectivity index (χ1) is 13.4. The van der Waals surface area contributed by atoms with Crippen LogP contribution in [0.1, 0.15) is 42.9 Å². The Balaban J connectivity index is 2.45. The normalized spacial score (nSPS) is 10.2. The molecule has 0 aliphatic rings. The van der Waals surface area contributed by atoms with Gasteiger partial charge in [-0.1, -0.05) is 0 Å². The Labute approximate surface area is 166 Å². The third-order valence-corrected chi connectivity index (χ3v) is 5.03. The maximum atomic E-state index is 12.8. The van der Waals surface area contributed by atoms with Crippen molar-refractivity contribution in [2.45, 2.75) is 13.8 Å². The molecular formula is C19H21NO7S. The lowest BCUT2D eigenvalue weighted by molar-refractivity contribution is 0.0527. The molecule has 0 fully saturated rings. The van der Waals surface area contributed by atoms with Gasteiger partial charge in [-0.2, -0.15) is 0 Å². The number of amides is 1. The molecule has 0 bridgehead atoms. The first kappa shape index (κ1) is 21.2. The van der Waals surface area contributed by atoms with E-state index in [9.17, 15) is 14.4 Å². The summed E-state index contributed by atoms with van der Waals surface area (Å²) in [6, 6.07) is 4.69. The molecule has 1 aromatic heterocycles. The first-order valence-electron chi connectivity index (χ1n) is 8.29. The maximum absolute atomic E-state index is 12.8. The highest BCUT2D eigenvalue weighted by molar-refractivity contribution is 7.18. The Morgan fingerprint density at radius 2 is 1.61 bits per heavy atom. The van der Waals surface area contributed by atoms with Crippen molar-refractivity contribution < 1.29 is 33.3 Å². The number of carbonyl (C=O) groups is 3. The van der Waals surface area contributed by atoms with Crippen LogP contribution in [0.3, 0.4) is 0 Å². The molecule has 2 rings (SSSR count). The summed E-state index contributed by atoms with van der Waals surface area (Å²) >= 11 is 0.946. The molecule has 150 valence electrons. The van der Waals surface area contributed by atoms with E-state index in [1.807, 2.05) is 0 Å². The molecule has 1 N–H and O–H groups in total. The van der Waals surface area contributed by atoms with Gasteiger partial charge >= 0.3 is 11.9 Å². The molecule has 2 aromatic rings. The van der Waals surface area contributed by atoms with Crippen molar-refractivity contribution in [1.29, 1.82) is 0 Å². The fourth-order valence-corrected chi connectivity index (χ4v) is 3.56. The monoisotopic (exact) mass is 407 g/mol. The number of methoxy groups -OCH3 is 3. The molecule has 1 heterocycles. The van der Waals surface area contributed by atoms with Crippen LogP contribution in [0.15, 0.2) is 18.2 Å². The lowest BCUT2D eigenvalue weighted by atomic mass is 10.1. The van der Waals surface area contributed by atoms with Gasteiger partial charge in [-0.3, -0.25) is 4.79 Å². The lowest BCUT2D eigenvalue weighted by Crippen LogP contribution is -2.15. The summed E-state index contributed by atoms with van der Waals surface area (Å²) in [7, 11) is 4.19. The number of anilines is 1. The highest BCUT2D eigenvalue weighted by Gasteiger charge is 2.27. The van der Waals surface area contributed by atoms with Crippen molar-refractivity contribution >= 4 is 34.2 Å². The Hall–Kier alpha value is -3.07. The molecule has 1 aromatic carbocycles. The molecule has 8 nitrogen and oxygen atoms in total. The number of benzene rings is 1. The zero-order valence-electron chi connectivity index (χ0n) is 16.2. The second-order valence-corrected chi connectivity index (χ2v) is 6.55. The smallest absolute Gasteiger partial charge is 0.348 e. The van der Waals surface area contributed by atoms with Gasteiger partial charge in [0.05, 0.1) is 33.5 Å². The predicted molar refractivity (Wildman–Crippen MR) is 104 cm³/mol. The van der Waals surface area contributed by atoms with Gasteiger partial charge in [0.25, 0.3) is 5.91 Å². The average Bonchev–Trinajstić information content (AvgIpc) is 3.02. The molecule has 9 heteroatoms. The second kappa shape index (κ2) is 9.23. The first-order valence-corrected chi connectivity index (χ1v) is 9.11. The minimum absolute atomic E-state index is 0.121. The molecule has 0 aliphatic heterocycles. The number of carbonyl (C=O) groups excluding carboxylic acids is 3. The van der Waals surface area contributed by atoms with Crippen LogP contribution in [0.2, 0.25) is 0 Å². The second-order valence-electron chi connectivity index (χ2n) is 5.53. The minimum Gasteiger partial charge on any atom is -0.497 e. The average molecular weight is 407 g/mol. The molecule has 0 spiro atoms. The van der Waals surface area contributed by atoms with Crippen LogP contribution in [0, 0.1) is 6.92 Å². The van der Waals surface area contributed by atoms with Crippen LogP contribution in [0.4, 0.5) is 5.00 Å². The van der Waals surface area contributed by atoms with Crippen molar-refractivity contribution in [2.24, 2.45) is 0 Å². The van der Waals surface area contributed by atoms with Gasteiger partial charge in [0, 0.05) is 11.6 Å². The number of hydrogen-bond acceptors (Lipinski definition) is 8. The van der Waals surface area contributed by atoms with Crippen molar-refractivity contribution in [3.63, 3.8) is 0 Å². The van der Waals surface area contributed by atoms with Gasteiger partial charge < -0.3 is 24.3 Å². The standard InChI is InChI=1S/C19H21NO7S/c1-6-27-18(22)14-10(2)15(19(23)26-5)28-17(14)20-16(21)11-7-12(24-3)9-13(8-11)25-4/h7-9H,6H2,1-5H3,(H,20,21). The van der Waals surface area contributed by atoms with E-state index < -0.39 is 17.8 Å². The van der Waals surface area contributed by atoms with E-state index in [1.165, 1.54) is 33.5 Å². The van der Waals surface area contributed by atoms with Crippen molar-refractivity contribution in [3.05, 3.63) is 39.8 Å². The molecular weight excluding hydrogens is 386 g/mol. The van der Waals surface area contributed by atoms with Gasteiger partial charge in [0.1, 0.15) is 21.4 Å². The van der Waals surface area contributed by atoms with Crippen LogP contribution in [0.5, 0.6) is 11.5 Å². The van der Waals surface area contributed by atoms with Gasteiger partial charge in [-0.15, -0.1) is 11.3 Å². The third kappa shape index (κ3) is 4.42. The van der Waals surface area contributed by atoms with Crippen LogP contribution in [-0.2, 0) is 9.47 Å². The van der Waals surface area contributed by atoms with E-state index in [-0.39, 0.29) is 27.6 Å². The third-order valence-electron chi connectivity index (χ3n) is 3.84. The Morgan fingerprint density at radius 3 is 2.11 bits per heavy atom. The Bertz CT molecular complexity index is 882. The number of thiophene rings is 1. The topological polar surface area (TPSA) is 100 Å². The summed E-state index contributed by atoms with van der Waals surface area (Å²) < 4.78 is 20.1. The van der Waals surface area contributed by atoms with E-state index in [1.54, 1.807) is 19.9 Å². The zero-order valence-corrected chi connectivity index (χ0v) is 17.0. The van der Waals surface area contributed by atoms with E-state index in [0.29, 0.717) is 17.1 Å². The number of nitrogens with one attached hydrogen (secondary N) is 1. The highest BCUT2D eigenvalue weighted by Crippen LogP contribution is 2.35. The molecule has 1 amide bonds. The summed E-state index contributed by atoms with van der Waals surface area (Å²) in [5.74, 6) is -0.859. The molecule has 0 aliphatic carbocycles. The molecule has 0 saturated carbocycles. The maximum Gasteiger partial charge on any atom is 0.348 e. The highest BCUT2D eigenvalue weighted by atomic mass is 32.1. The van der Waals surface area contributed by atoms with Gasteiger partial charge in [0.2, 0.25) is 0 Å². The number of esters is 2. The number of rotatable bonds is 7. The van der Waals surface area contributed by atoms with Crippen molar-refractivity contribution in [2.75, 3.05) is 33.3 Å². The van der Waals surface area contributed by atoms with Crippen LogP contribution in [-0.4, -0.2) is 45.8 Å². The van der Waals surface area contributed by atoms with E-state index in [2.05, 4.69) is 5.32 Å². The number of hydrogen-bond donors (Lipinski definition) is 1. The summed E-state index contributed by atoms with van der Waals surface area (Å²) in [5, 5.41) is 2.87. The van der Waals surface area contributed by atoms with Gasteiger partial charge in [0.15, 0.2) is 0 Å². The zero-order chi connectivity index (χ0) is 20.8. The van der Waals surface area contributed by atoms with E-state index >= 15 is 0 Å². The van der Waals surface area contributed by atoms with Crippen LogP contribution < -0.4 is 14.8 Å². The SMILES string of the molecule is CCOC(=O)c1c(NC(=O)c2cc(OC)cc(OC)c2)sc(C(=O)OC)c1C. The van der Waals surface area contributed by atoms with Crippen molar-refractivity contribution in [1.82, 2.24) is 0 Å². The van der Waals surface area contributed by atoms with Gasteiger partial charge in [-0.25, -0.2) is 9.59 Å². The number of ether oxygens (including phenoxy) is 4. The summed E-state index contributed by atoms with van der Waals surface area (Å²) in [4.78, 5) is 37.3. The molecule has 0 atom stereocenters. The summed E-state index contributed by atoms with van der Waals surface area (Å²) in [6.07, 6.45) is 0. The van der Waals surface area contributed by atoms with E-state index in [0.717, 1.165) is 11.3 Å². The van der Waals surface area contributed by atoms with Crippen LogP contribution >= 0.6 is 11.3 Å². The summed E-state index contributed by atoms with van der Waals surface area (Å²) in [6.45, 7) is 3.42. The Kier molecular flexibility index (Phi) is 7.00. The lowest BCUT2D eigenvalue weighted by Gasteiger charge is -2.10. The minimum atomic E-state index is -0.634. The largest absolute Gasteiger partial charge is 0.497 e. The Morgan fingerprint density at radius 1 is 1.00 bits per heavy atom. The fraction of sp³-hybridized carbons (Fsp3) is 0.316. The fourth-order valence-electron chi connectivity index (χ4n) is 2.45. The van der Waals surface area contributed by atoms with Gasteiger partial charge in [-0.05, 0) is 31.5 Å². The summed E-state index contributed by atoms with van der Waals surface area (Å²) in [5.41, 5.74) is 0.765. The van der Waals surface area contributed by atoms with E-state index in [4.69, 9.17) is 18.9 Å². The molecule has 28 heavy (non-hydrogen) atoms. The molecule has 0 unspecified atom stereocenters.